The second kappa shape index (κ2) is 3.12. The number of hydrogen-bond donors (Lipinski definition) is 0. The van der Waals surface area contributed by atoms with Crippen molar-refractivity contribution in [3.63, 3.8) is 0 Å². The Balaban J connectivity index is 2.23. The number of ether oxygens (including phenoxy) is 1. The van der Waals surface area contributed by atoms with Gasteiger partial charge in [-0.25, -0.2) is 8.42 Å². The van der Waals surface area contributed by atoms with Gasteiger partial charge in [-0.15, -0.1) is 0 Å². The van der Waals surface area contributed by atoms with E-state index >= 15 is 0 Å². The van der Waals surface area contributed by atoms with Crippen LogP contribution in [0.25, 0.3) is 0 Å². The maximum absolute atomic E-state index is 11.6. The van der Waals surface area contributed by atoms with E-state index in [0.717, 1.165) is 0 Å². The lowest BCUT2D eigenvalue weighted by atomic mass is 10.4. The minimum absolute atomic E-state index is 0.0785. The predicted octanol–water partition coefficient (Wildman–Crippen LogP) is 0.859. The Labute approximate surface area is 77.3 Å². The van der Waals surface area contributed by atoms with Gasteiger partial charge in [-0.1, -0.05) is 18.2 Å². The van der Waals surface area contributed by atoms with Crippen LogP contribution in [0.4, 0.5) is 0 Å². The third-order valence-electron chi connectivity index (χ3n) is 1.91. The molecule has 0 amide bonds. The first-order chi connectivity index (χ1) is 6.18. The average Bonchev–Trinajstić information content (AvgIpc) is 2.89. The summed E-state index contributed by atoms with van der Waals surface area (Å²) in [4.78, 5) is 0.380. The van der Waals surface area contributed by atoms with Gasteiger partial charge in [0.25, 0.3) is 0 Å². The van der Waals surface area contributed by atoms with Crippen LogP contribution in [0.5, 0.6) is 0 Å². The van der Waals surface area contributed by atoms with E-state index < -0.39 is 9.84 Å². The summed E-state index contributed by atoms with van der Waals surface area (Å²) < 4.78 is 28.1. The normalized spacial score (nSPS) is 21.4. The fraction of sp³-hybridized carbons (Fsp3) is 0.333. The van der Waals surface area contributed by atoms with Crippen molar-refractivity contribution in [2.45, 2.75) is 11.0 Å². The lowest BCUT2D eigenvalue weighted by Crippen LogP contribution is -2.11. The van der Waals surface area contributed by atoms with Gasteiger partial charge in [0, 0.05) is 0 Å². The summed E-state index contributed by atoms with van der Waals surface area (Å²) in [6.07, 6.45) is -0.0785. The molecule has 1 heterocycles. The molecule has 0 spiro atoms. The molecule has 0 radical (unpaired) electrons. The molecule has 13 heavy (non-hydrogen) atoms. The Kier molecular flexibility index (Phi) is 2.09. The molecule has 70 valence electrons. The van der Waals surface area contributed by atoms with Gasteiger partial charge < -0.3 is 4.74 Å². The Hall–Kier alpha value is -0.870. The van der Waals surface area contributed by atoms with Crippen molar-refractivity contribution in [3.8, 4) is 0 Å². The fourth-order valence-corrected chi connectivity index (χ4v) is 2.58. The molecule has 0 unspecified atom stereocenters. The summed E-state index contributed by atoms with van der Waals surface area (Å²) in [6.45, 7) is 0.575. The van der Waals surface area contributed by atoms with Crippen LogP contribution >= 0.6 is 0 Å². The highest BCUT2D eigenvalue weighted by Crippen LogP contribution is 2.17. The van der Waals surface area contributed by atoms with Gasteiger partial charge in [-0.05, 0) is 12.1 Å². The molecule has 1 aliphatic rings. The smallest absolute Gasteiger partial charge is 0.181 e. The monoisotopic (exact) mass is 198 g/mol. The van der Waals surface area contributed by atoms with E-state index in [2.05, 4.69) is 0 Å². The average molecular weight is 198 g/mol. The topological polar surface area (TPSA) is 46.7 Å². The van der Waals surface area contributed by atoms with Gasteiger partial charge in [0.2, 0.25) is 0 Å². The molecule has 1 aromatic carbocycles. The van der Waals surface area contributed by atoms with E-state index in [-0.39, 0.29) is 11.9 Å². The number of epoxide rings is 1. The number of hydrogen-bond acceptors (Lipinski definition) is 3. The molecular weight excluding hydrogens is 188 g/mol. The summed E-state index contributed by atoms with van der Waals surface area (Å²) in [5, 5.41) is 0. The highest BCUT2D eigenvalue weighted by atomic mass is 32.2. The van der Waals surface area contributed by atoms with Crippen LogP contribution in [0.3, 0.4) is 0 Å². The predicted molar refractivity (Wildman–Crippen MR) is 48.2 cm³/mol. The van der Waals surface area contributed by atoms with E-state index in [9.17, 15) is 8.42 Å². The van der Waals surface area contributed by atoms with Crippen LogP contribution in [-0.2, 0) is 14.6 Å². The summed E-state index contributed by atoms with van der Waals surface area (Å²) in [5.74, 6) is 0.108. The summed E-state index contributed by atoms with van der Waals surface area (Å²) in [7, 11) is -3.12. The fourth-order valence-electron chi connectivity index (χ4n) is 1.13. The van der Waals surface area contributed by atoms with E-state index in [1.807, 2.05) is 0 Å². The first-order valence-corrected chi connectivity index (χ1v) is 5.73. The standard InChI is InChI=1S/C9H10O3S/c10-13(11,7-8-6-12-8)9-4-2-1-3-5-9/h1-5,8H,6-7H2/t8-/m1/s1. The van der Waals surface area contributed by atoms with Crippen molar-refractivity contribution in [1.29, 1.82) is 0 Å². The molecule has 4 heteroatoms. The van der Waals surface area contributed by atoms with Crippen LogP contribution in [-0.4, -0.2) is 26.9 Å². The SMILES string of the molecule is O=S(=O)(C[C@H]1CO1)c1ccccc1. The molecule has 1 atom stereocenters. The first-order valence-electron chi connectivity index (χ1n) is 4.08. The largest absolute Gasteiger partial charge is 0.372 e. The molecule has 1 aromatic rings. The lowest BCUT2D eigenvalue weighted by molar-refractivity contribution is 0.422. The molecule has 0 saturated carbocycles. The molecule has 1 fully saturated rings. The second-order valence-electron chi connectivity index (χ2n) is 3.05. The van der Waals surface area contributed by atoms with E-state index in [1.165, 1.54) is 0 Å². The van der Waals surface area contributed by atoms with E-state index in [4.69, 9.17) is 4.74 Å². The Morgan fingerprint density at radius 1 is 1.31 bits per heavy atom. The Bertz CT molecular complexity index is 379. The van der Waals surface area contributed by atoms with E-state index in [0.29, 0.717) is 11.5 Å². The molecule has 2 rings (SSSR count). The van der Waals surface area contributed by atoms with Crippen molar-refractivity contribution in [3.05, 3.63) is 30.3 Å². The molecule has 3 nitrogen and oxygen atoms in total. The minimum atomic E-state index is -3.12. The highest BCUT2D eigenvalue weighted by molar-refractivity contribution is 7.91. The van der Waals surface area contributed by atoms with Gasteiger partial charge in [0.05, 0.1) is 23.4 Å². The van der Waals surface area contributed by atoms with Crippen molar-refractivity contribution in [2.75, 3.05) is 12.4 Å². The summed E-state index contributed by atoms with van der Waals surface area (Å²) in [5.41, 5.74) is 0. The van der Waals surface area contributed by atoms with Crippen LogP contribution < -0.4 is 0 Å². The molecule has 1 aliphatic heterocycles. The molecule has 1 saturated heterocycles. The number of rotatable bonds is 3. The Morgan fingerprint density at radius 3 is 2.46 bits per heavy atom. The van der Waals surface area contributed by atoms with Gasteiger partial charge in [-0.3, -0.25) is 0 Å². The van der Waals surface area contributed by atoms with Gasteiger partial charge >= 0.3 is 0 Å². The third kappa shape index (κ3) is 2.08. The zero-order valence-corrected chi connectivity index (χ0v) is 7.83. The minimum Gasteiger partial charge on any atom is -0.372 e. The maximum atomic E-state index is 11.6. The van der Waals surface area contributed by atoms with Gasteiger partial charge in [0.1, 0.15) is 0 Å². The molecule has 0 aromatic heterocycles. The quantitative estimate of drug-likeness (QED) is 0.677. The molecule has 0 bridgehead atoms. The third-order valence-corrected chi connectivity index (χ3v) is 3.71. The number of sulfone groups is 1. The van der Waals surface area contributed by atoms with Crippen molar-refractivity contribution in [2.24, 2.45) is 0 Å². The molecular formula is C9H10O3S. The van der Waals surface area contributed by atoms with Crippen molar-refractivity contribution in [1.82, 2.24) is 0 Å². The van der Waals surface area contributed by atoms with Gasteiger partial charge in [0.15, 0.2) is 9.84 Å². The summed E-state index contributed by atoms with van der Waals surface area (Å²) in [6, 6.07) is 8.46. The molecule has 0 N–H and O–H groups in total. The zero-order valence-electron chi connectivity index (χ0n) is 7.01. The van der Waals surface area contributed by atoms with Crippen LogP contribution in [0.15, 0.2) is 35.2 Å². The van der Waals surface area contributed by atoms with Crippen LogP contribution in [0.1, 0.15) is 0 Å². The van der Waals surface area contributed by atoms with Gasteiger partial charge in [-0.2, -0.15) is 0 Å². The lowest BCUT2D eigenvalue weighted by Gasteiger charge is -2.00. The van der Waals surface area contributed by atoms with Crippen molar-refractivity contribution >= 4 is 9.84 Å². The maximum Gasteiger partial charge on any atom is 0.181 e. The number of benzene rings is 1. The van der Waals surface area contributed by atoms with Crippen LogP contribution in [0, 0.1) is 0 Å². The second-order valence-corrected chi connectivity index (χ2v) is 5.08. The van der Waals surface area contributed by atoms with E-state index in [1.54, 1.807) is 30.3 Å². The highest BCUT2D eigenvalue weighted by Gasteiger charge is 2.29. The van der Waals surface area contributed by atoms with Crippen LogP contribution in [0.2, 0.25) is 0 Å². The van der Waals surface area contributed by atoms with Crippen molar-refractivity contribution < 1.29 is 13.2 Å². The Morgan fingerprint density at radius 2 is 1.92 bits per heavy atom. The molecule has 0 aliphatic carbocycles. The summed E-state index contributed by atoms with van der Waals surface area (Å²) >= 11 is 0. The first kappa shape index (κ1) is 8.72. The zero-order chi connectivity index (χ0) is 9.31.